The topological polar surface area (TPSA) is 0 Å². The van der Waals surface area contributed by atoms with Crippen LogP contribution in [0.5, 0.6) is 0 Å². The molecule has 0 nitrogen and oxygen atoms in total. The number of rotatable bonds is 0. The van der Waals surface area contributed by atoms with Gasteiger partial charge >= 0.3 is 0 Å². The van der Waals surface area contributed by atoms with Crippen LogP contribution in [-0.2, 0) is 0 Å². The number of hydrogen-bond acceptors (Lipinski definition) is 0. The van der Waals surface area contributed by atoms with Gasteiger partial charge in [-0.2, -0.15) is 0 Å². The molecule has 0 N–H and O–H groups in total. The Balaban J connectivity index is 0.00000128. The van der Waals surface area contributed by atoms with Crippen LogP contribution in [0.4, 0.5) is 0 Å². The van der Waals surface area contributed by atoms with Crippen LogP contribution >= 0.6 is 0 Å². The minimum Gasteiger partial charge on any atom is -0.0776 e. The second kappa shape index (κ2) is 5.21. The van der Waals surface area contributed by atoms with E-state index in [0.717, 1.165) is 11.8 Å². The van der Waals surface area contributed by atoms with E-state index < -0.39 is 0 Å². The molecule has 0 spiro atoms. The molecule has 0 amide bonds. The van der Waals surface area contributed by atoms with Crippen LogP contribution in [0.1, 0.15) is 67.2 Å². The Morgan fingerprint density at radius 3 is 2.12 bits per heavy atom. The van der Waals surface area contributed by atoms with Crippen LogP contribution in [0.15, 0.2) is 22.3 Å². The second-order valence-corrected chi connectivity index (χ2v) is 5.71. The van der Waals surface area contributed by atoms with Gasteiger partial charge in [0.05, 0.1) is 0 Å². The molecule has 0 aliphatic heterocycles. The fourth-order valence-electron chi connectivity index (χ4n) is 3.18. The molecule has 0 fully saturated rings. The maximum absolute atomic E-state index is 2.43. The van der Waals surface area contributed by atoms with Crippen LogP contribution < -0.4 is 0 Å². The summed E-state index contributed by atoms with van der Waals surface area (Å²) in [6.07, 6.45) is 6.80. The van der Waals surface area contributed by atoms with Crippen molar-refractivity contribution in [3.63, 3.8) is 0 Å². The van der Waals surface area contributed by atoms with Crippen LogP contribution in [-0.4, -0.2) is 0 Å². The zero-order valence-corrected chi connectivity index (χ0v) is 10.7. The zero-order chi connectivity index (χ0) is 11.0. The Labute approximate surface area is 102 Å². The highest BCUT2D eigenvalue weighted by atomic mass is 14.3. The average molecular weight is 220 g/mol. The molecule has 0 bridgehead atoms. The second-order valence-electron chi connectivity index (χ2n) is 5.71. The van der Waals surface area contributed by atoms with E-state index in [1.807, 2.05) is 5.57 Å². The molecule has 0 heteroatoms. The predicted octanol–water partition coefficient (Wildman–Crippen LogP) is 5.51. The van der Waals surface area contributed by atoms with Crippen molar-refractivity contribution in [2.24, 2.45) is 11.8 Å². The summed E-state index contributed by atoms with van der Waals surface area (Å²) in [5.74, 6) is 1.71. The van der Waals surface area contributed by atoms with Gasteiger partial charge in [0.25, 0.3) is 0 Å². The maximum Gasteiger partial charge on any atom is -0.0101 e. The standard InChI is InChI=1S/C15H24.CH4/c1-10(2)13-7-5-11(3)14-8-6-12(4)15(14)9-13;/h11-12H,5-9H2,1-4H3;1H4/t11-,12-;/m0./s1. The number of hydrogen-bond donors (Lipinski definition) is 0. The quantitative estimate of drug-likeness (QED) is 0.472. The lowest BCUT2D eigenvalue weighted by atomic mass is 9.94. The van der Waals surface area contributed by atoms with Gasteiger partial charge in [0.1, 0.15) is 0 Å². The highest BCUT2D eigenvalue weighted by molar-refractivity contribution is 5.32. The largest absolute Gasteiger partial charge is 0.0776 e. The first kappa shape index (κ1) is 13.5. The van der Waals surface area contributed by atoms with E-state index in [9.17, 15) is 0 Å². The fourth-order valence-corrected chi connectivity index (χ4v) is 3.18. The summed E-state index contributed by atoms with van der Waals surface area (Å²) in [6.45, 7) is 9.42. The minimum absolute atomic E-state index is 0. The van der Waals surface area contributed by atoms with E-state index in [2.05, 4.69) is 27.7 Å². The van der Waals surface area contributed by atoms with Crippen molar-refractivity contribution in [2.45, 2.75) is 67.2 Å². The van der Waals surface area contributed by atoms with E-state index in [1.165, 1.54) is 32.1 Å². The molecule has 0 aromatic heterocycles. The SMILES string of the molecule is C.CC(C)=C1CC[C@H](C)C2=C(C1)[C@@H](C)CC2. The summed E-state index contributed by atoms with van der Waals surface area (Å²) >= 11 is 0. The molecule has 2 aliphatic carbocycles. The fraction of sp³-hybridized carbons (Fsp3) is 0.750. The van der Waals surface area contributed by atoms with E-state index >= 15 is 0 Å². The van der Waals surface area contributed by atoms with Gasteiger partial charge in [0.15, 0.2) is 0 Å². The molecule has 2 aliphatic rings. The van der Waals surface area contributed by atoms with Gasteiger partial charge in [-0.05, 0) is 57.8 Å². The van der Waals surface area contributed by atoms with Crippen LogP contribution in [0.25, 0.3) is 0 Å². The maximum atomic E-state index is 2.43. The molecule has 0 aromatic rings. The van der Waals surface area contributed by atoms with Gasteiger partial charge in [-0.15, -0.1) is 0 Å². The highest BCUT2D eigenvalue weighted by Crippen LogP contribution is 2.44. The monoisotopic (exact) mass is 220 g/mol. The minimum atomic E-state index is 0. The Hall–Kier alpha value is -0.520. The summed E-state index contributed by atoms with van der Waals surface area (Å²) in [5, 5.41) is 0. The first-order chi connectivity index (χ1) is 7.09. The average Bonchev–Trinajstić information content (AvgIpc) is 2.43. The third-order valence-corrected chi connectivity index (χ3v) is 4.44. The molecule has 2 atom stereocenters. The first-order valence-electron chi connectivity index (χ1n) is 6.46. The summed E-state index contributed by atoms with van der Waals surface area (Å²) < 4.78 is 0. The van der Waals surface area contributed by atoms with Gasteiger partial charge in [-0.3, -0.25) is 0 Å². The number of allylic oxidation sites excluding steroid dienone is 4. The lowest BCUT2D eigenvalue weighted by Crippen LogP contribution is -1.97. The predicted molar refractivity (Wildman–Crippen MR) is 73.5 cm³/mol. The van der Waals surface area contributed by atoms with Gasteiger partial charge in [-0.25, -0.2) is 0 Å². The molecule has 0 radical (unpaired) electrons. The Morgan fingerprint density at radius 2 is 1.50 bits per heavy atom. The van der Waals surface area contributed by atoms with E-state index in [1.54, 1.807) is 16.7 Å². The smallest absolute Gasteiger partial charge is 0.0101 e. The molecular formula is C16H28. The van der Waals surface area contributed by atoms with Crippen molar-refractivity contribution < 1.29 is 0 Å². The van der Waals surface area contributed by atoms with Gasteiger partial charge < -0.3 is 0 Å². The summed E-state index contributed by atoms with van der Waals surface area (Å²) in [6, 6.07) is 0. The van der Waals surface area contributed by atoms with Crippen molar-refractivity contribution in [3.05, 3.63) is 22.3 Å². The molecule has 0 heterocycles. The summed E-state index contributed by atoms with van der Waals surface area (Å²) in [4.78, 5) is 0. The first-order valence-corrected chi connectivity index (χ1v) is 6.46. The molecule has 0 aromatic carbocycles. The van der Waals surface area contributed by atoms with Crippen molar-refractivity contribution in [1.29, 1.82) is 0 Å². The summed E-state index contributed by atoms with van der Waals surface area (Å²) in [7, 11) is 0. The lowest BCUT2D eigenvalue weighted by Gasteiger charge is -2.12. The molecule has 0 unspecified atom stereocenters. The van der Waals surface area contributed by atoms with E-state index in [0.29, 0.717) is 0 Å². The zero-order valence-electron chi connectivity index (χ0n) is 10.7. The molecule has 16 heavy (non-hydrogen) atoms. The Kier molecular flexibility index (Phi) is 4.41. The molecular weight excluding hydrogens is 192 g/mol. The normalized spacial score (nSPS) is 29.6. The Morgan fingerprint density at radius 1 is 0.938 bits per heavy atom. The molecule has 2 rings (SSSR count). The molecule has 92 valence electrons. The van der Waals surface area contributed by atoms with Crippen LogP contribution in [0, 0.1) is 11.8 Å². The van der Waals surface area contributed by atoms with Crippen LogP contribution in [0.2, 0.25) is 0 Å². The van der Waals surface area contributed by atoms with Crippen molar-refractivity contribution in [3.8, 4) is 0 Å². The Bertz CT molecular complexity index is 313. The van der Waals surface area contributed by atoms with E-state index in [-0.39, 0.29) is 7.43 Å². The van der Waals surface area contributed by atoms with E-state index in [4.69, 9.17) is 0 Å². The summed E-state index contributed by atoms with van der Waals surface area (Å²) in [5.41, 5.74) is 6.91. The van der Waals surface area contributed by atoms with Gasteiger partial charge in [0, 0.05) is 0 Å². The third kappa shape index (κ3) is 2.42. The van der Waals surface area contributed by atoms with Crippen molar-refractivity contribution in [1.82, 2.24) is 0 Å². The molecule has 0 saturated carbocycles. The van der Waals surface area contributed by atoms with Gasteiger partial charge in [-0.1, -0.05) is 43.6 Å². The van der Waals surface area contributed by atoms with Crippen LogP contribution in [0.3, 0.4) is 0 Å². The molecule has 0 saturated heterocycles. The highest BCUT2D eigenvalue weighted by Gasteiger charge is 2.28. The van der Waals surface area contributed by atoms with Crippen molar-refractivity contribution in [2.75, 3.05) is 0 Å². The third-order valence-electron chi connectivity index (χ3n) is 4.44. The lowest BCUT2D eigenvalue weighted by molar-refractivity contribution is 0.585. The van der Waals surface area contributed by atoms with Crippen molar-refractivity contribution >= 4 is 0 Å². The van der Waals surface area contributed by atoms with Gasteiger partial charge in [0.2, 0.25) is 0 Å².